The van der Waals surface area contributed by atoms with Gasteiger partial charge in [0.05, 0.1) is 10.6 Å². The summed E-state index contributed by atoms with van der Waals surface area (Å²) in [5.41, 5.74) is 0.952. The van der Waals surface area contributed by atoms with Gasteiger partial charge in [0, 0.05) is 18.1 Å². The highest BCUT2D eigenvalue weighted by molar-refractivity contribution is 7.91. The average Bonchev–Trinajstić information content (AvgIpc) is 2.43. The smallest absolute Gasteiger partial charge is 0.178 e. The molecule has 19 heavy (non-hydrogen) atoms. The van der Waals surface area contributed by atoms with Gasteiger partial charge < -0.3 is 5.32 Å². The summed E-state index contributed by atoms with van der Waals surface area (Å²) in [4.78, 5) is 0.385. The van der Waals surface area contributed by atoms with Crippen molar-refractivity contribution in [2.24, 2.45) is 5.92 Å². The minimum Gasteiger partial charge on any atom is -0.385 e. The first-order valence-electron chi connectivity index (χ1n) is 6.62. The summed E-state index contributed by atoms with van der Waals surface area (Å²) in [6.07, 6.45) is 2.15. The van der Waals surface area contributed by atoms with E-state index in [4.69, 9.17) is 11.6 Å². The van der Waals surface area contributed by atoms with Crippen molar-refractivity contribution in [2.75, 3.05) is 23.5 Å². The molecule has 0 aliphatic heterocycles. The van der Waals surface area contributed by atoms with E-state index in [-0.39, 0.29) is 5.75 Å². The number of sulfone groups is 1. The SMILES string of the molecule is CCS(=O)(=O)c1ccc(NCCCC(C)CCl)cc1. The first-order valence-corrected chi connectivity index (χ1v) is 8.81. The zero-order valence-electron chi connectivity index (χ0n) is 11.5. The van der Waals surface area contributed by atoms with Crippen molar-refractivity contribution in [3.63, 3.8) is 0 Å². The molecule has 1 atom stereocenters. The Morgan fingerprint density at radius 1 is 1.26 bits per heavy atom. The maximum absolute atomic E-state index is 11.6. The minimum absolute atomic E-state index is 0.135. The van der Waals surface area contributed by atoms with E-state index in [2.05, 4.69) is 12.2 Å². The summed E-state index contributed by atoms with van der Waals surface area (Å²) < 4.78 is 23.3. The number of nitrogens with one attached hydrogen (secondary N) is 1. The quantitative estimate of drug-likeness (QED) is 0.590. The third-order valence-corrected chi connectivity index (χ3v) is 5.34. The van der Waals surface area contributed by atoms with E-state index in [9.17, 15) is 8.42 Å². The van der Waals surface area contributed by atoms with Crippen molar-refractivity contribution in [1.82, 2.24) is 0 Å². The van der Waals surface area contributed by atoms with Gasteiger partial charge in [-0.1, -0.05) is 13.8 Å². The Hall–Kier alpha value is -0.740. The van der Waals surface area contributed by atoms with Crippen LogP contribution in [0.3, 0.4) is 0 Å². The third-order valence-electron chi connectivity index (χ3n) is 3.06. The molecule has 0 amide bonds. The molecule has 0 saturated heterocycles. The zero-order valence-corrected chi connectivity index (χ0v) is 13.1. The van der Waals surface area contributed by atoms with Crippen molar-refractivity contribution >= 4 is 27.1 Å². The molecule has 1 N–H and O–H groups in total. The van der Waals surface area contributed by atoms with Gasteiger partial charge in [0.1, 0.15) is 0 Å². The van der Waals surface area contributed by atoms with Crippen LogP contribution in [0.2, 0.25) is 0 Å². The molecule has 0 spiro atoms. The van der Waals surface area contributed by atoms with Gasteiger partial charge in [0.2, 0.25) is 0 Å². The Bertz CT molecular complexity index is 471. The summed E-state index contributed by atoms with van der Waals surface area (Å²) in [5, 5.41) is 3.28. The van der Waals surface area contributed by atoms with Crippen LogP contribution in [0.4, 0.5) is 5.69 Å². The number of benzene rings is 1. The molecular weight excluding hydrogens is 282 g/mol. The monoisotopic (exact) mass is 303 g/mol. The fourth-order valence-corrected chi connectivity index (χ4v) is 2.75. The zero-order chi connectivity index (χ0) is 14.3. The summed E-state index contributed by atoms with van der Waals surface area (Å²) in [5.74, 6) is 1.38. The molecule has 0 aliphatic carbocycles. The van der Waals surface area contributed by atoms with Crippen LogP contribution >= 0.6 is 11.6 Å². The van der Waals surface area contributed by atoms with Crippen LogP contribution in [-0.4, -0.2) is 26.6 Å². The molecule has 0 saturated carbocycles. The maximum atomic E-state index is 11.6. The first kappa shape index (κ1) is 16.3. The van der Waals surface area contributed by atoms with Gasteiger partial charge in [-0.3, -0.25) is 0 Å². The lowest BCUT2D eigenvalue weighted by Gasteiger charge is -2.09. The highest BCUT2D eigenvalue weighted by Gasteiger charge is 2.10. The van der Waals surface area contributed by atoms with Gasteiger partial charge in [-0.05, 0) is 43.0 Å². The van der Waals surface area contributed by atoms with E-state index < -0.39 is 9.84 Å². The lowest BCUT2D eigenvalue weighted by Crippen LogP contribution is -2.06. The van der Waals surface area contributed by atoms with Crippen LogP contribution in [0.5, 0.6) is 0 Å². The Morgan fingerprint density at radius 2 is 1.89 bits per heavy atom. The number of hydrogen-bond donors (Lipinski definition) is 1. The maximum Gasteiger partial charge on any atom is 0.178 e. The molecule has 0 radical (unpaired) electrons. The summed E-state index contributed by atoms with van der Waals surface area (Å²) in [7, 11) is -3.10. The first-order chi connectivity index (χ1) is 8.99. The van der Waals surface area contributed by atoms with Crippen molar-refractivity contribution in [1.29, 1.82) is 0 Å². The lowest BCUT2D eigenvalue weighted by atomic mass is 10.1. The van der Waals surface area contributed by atoms with Crippen LogP contribution in [0, 0.1) is 5.92 Å². The third kappa shape index (κ3) is 5.41. The highest BCUT2D eigenvalue weighted by Crippen LogP contribution is 2.15. The lowest BCUT2D eigenvalue weighted by molar-refractivity contribution is 0.572. The largest absolute Gasteiger partial charge is 0.385 e. The molecule has 1 aromatic carbocycles. The number of anilines is 1. The highest BCUT2D eigenvalue weighted by atomic mass is 35.5. The predicted octanol–water partition coefficient (Wildman–Crippen LogP) is 3.55. The average molecular weight is 304 g/mol. The predicted molar refractivity (Wildman–Crippen MR) is 81.8 cm³/mol. The van der Waals surface area contributed by atoms with Gasteiger partial charge in [-0.15, -0.1) is 11.6 Å². The van der Waals surface area contributed by atoms with Crippen LogP contribution in [0.15, 0.2) is 29.2 Å². The second-order valence-electron chi connectivity index (χ2n) is 4.76. The summed E-state index contributed by atoms with van der Waals surface area (Å²) in [6.45, 7) is 4.66. The molecule has 1 rings (SSSR count). The molecule has 0 fully saturated rings. The van der Waals surface area contributed by atoms with Gasteiger partial charge in [0.25, 0.3) is 0 Å². The Kier molecular flexibility index (Phi) is 6.66. The van der Waals surface area contributed by atoms with E-state index in [0.717, 1.165) is 25.1 Å². The van der Waals surface area contributed by atoms with Crippen molar-refractivity contribution in [2.45, 2.75) is 31.6 Å². The molecule has 5 heteroatoms. The van der Waals surface area contributed by atoms with Crippen LogP contribution in [-0.2, 0) is 9.84 Å². The molecule has 3 nitrogen and oxygen atoms in total. The molecule has 1 aromatic rings. The van der Waals surface area contributed by atoms with E-state index in [0.29, 0.717) is 16.7 Å². The van der Waals surface area contributed by atoms with E-state index >= 15 is 0 Å². The summed E-state index contributed by atoms with van der Waals surface area (Å²) >= 11 is 5.74. The second-order valence-corrected chi connectivity index (χ2v) is 7.34. The van der Waals surface area contributed by atoms with Crippen molar-refractivity contribution in [3.8, 4) is 0 Å². The number of alkyl halides is 1. The number of rotatable bonds is 8. The van der Waals surface area contributed by atoms with E-state index in [1.54, 1.807) is 19.1 Å². The second kappa shape index (κ2) is 7.75. The number of halogens is 1. The van der Waals surface area contributed by atoms with Crippen LogP contribution in [0.25, 0.3) is 0 Å². The van der Waals surface area contributed by atoms with Gasteiger partial charge in [0.15, 0.2) is 9.84 Å². The number of hydrogen-bond acceptors (Lipinski definition) is 3. The molecule has 1 unspecified atom stereocenters. The molecule has 0 heterocycles. The minimum atomic E-state index is -3.10. The molecule has 0 aliphatic rings. The van der Waals surface area contributed by atoms with Crippen LogP contribution in [0.1, 0.15) is 26.7 Å². The normalized spacial score (nSPS) is 13.2. The standard InChI is InChI=1S/C14H22ClNO2S/c1-3-19(17,18)14-8-6-13(7-9-14)16-10-4-5-12(2)11-15/h6-9,12,16H,3-5,10-11H2,1-2H3. The van der Waals surface area contributed by atoms with E-state index in [1.807, 2.05) is 12.1 Å². The van der Waals surface area contributed by atoms with Crippen LogP contribution < -0.4 is 5.32 Å². The molecular formula is C14H22ClNO2S. The molecule has 0 aromatic heterocycles. The fourth-order valence-electron chi connectivity index (χ4n) is 1.71. The fraction of sp³-hybridized carbons (Fsp3) is 0.571. The Labute approximate surface area is 121 Å². The summed E-state index contributed by atoms with van der Waals surface area (Å²) in [6, 6.07) is 6.94. The Morgan fingerprint density at radius 3 is 2.42 bits per heavy atom. The van der Waals surface area contributed by atoms with Gasteiger partial charge in [-0.2, -0.15) is 0 Å². The molecule has 0 bridgehead atoms. The van der Waals surface area contributed by atoms with Crippen molar-refractivity contribution in [3.05, 3.63) is 24.3 Å². The molecule has 108 valence electrons. The van der Waals surface area contributed by atoms with Gasteiger partial charge >= 0.3 is 0 Å². The van der Waals surface area contributed by atoms with Gasteiger partial charge in [-0.25, -0.2) is 8.42 Å². The van der Waals surface area contributed by atoms with Crippen molar-refractivity contribution < 1.29 is 8.42 Å². The topological polar surface area (TPSA) is 46.2 Å². The van der Waals surface area contributed by atoms with E-state index in [1.165, 1.54) is 0 Å². The Balaban J connectivity index is 2.45.